The molecule has 0 aromatic carbocycles. The van der Waals surface area contributed by atoms with Crippen molar-refractivity contribution in [2.45, 2.75) is 52.1 Å². The summed E-state index contributed by atoms with van der Waals surface area (Å²) in [6, 6.07) is 0.840. The molecule has 0 heterocycles. The zero-order chi connectivity index (χ0) is 9.19. The molecular formula is C10H21NO. The molecule has 1 aliphatic carbocycles. The second-order valence-electron chi connectivity index (χ2n) is 4.68. The minimum Gasteiger partial charge on any atom is -0.395 e. The van der Waals surface area contributed by atoms with Gasteiger partial charge in [-0.2, -0.15) is 0 Å². The minimum atomic E-state index is 0.243. The Morgan fingerprint density at radius 2 is 2.25 bits per heavy atom. The molecule has 1 rings (SSSR count). The molecule has 2 heteroatoms. The van der Waals surface area contributed by atoms with Crippen molar-refractivity contribution >= 4 is 0 Å². The summed E-state index contributed by atoms with van der Waals surface area (Å²) in [6.07, 6.45) is 3.89. The average molecular weight is 171 g/mol. The highest BCUT2D eigenvalue weighted by Crippen LogP contribution is 2.37. The number of aliphatic hydroxyl groups is 1. The lowest BCUT2D eigenvalue weighted by Crippen LogP contribution is -2.44. The SMILES string of the molecule is C[C@H](CO)NC1CCCC1(C)C. The molecule has 1 unspecified atom stereocenters. The molecule has 1 fully saturated rings. The average Bonchev–Trinajstić information content (AvgIpc) is 2.31. The van der Waals surface area contributed by atoms with Crippen LogP contribution in [0.25, 0.3) is 0 Å². The normalized spacial score (nSPS) is 30.5. The number of aliphatic hydroxyl groups excluding tert-OH is 1. The summed E-state index contributed by atoms with van der Waals surface area (Å²) in [5, 5.41) is 12.4. The van der Waals surface area contributed by atoms with E-state index < -0.39 is 0 Å². The third kappa shape index (κ3) is 2.20. The quantitative estimate of drug-likeness (QED) is 0.675. The summed E-state index contributed by atoms with van der Waals surface area (Å²) in [6.45, 7) is 6.89. The molecule has 0 aromatic rings. The van der Waals surface area contributed by atoms with E-state index in [9.17, 15) is 0 Å². The van der Waals surface area contributed by atoms with Crippen molar-refractivity contribution in [3.63, 3.8) is 0 Å². The van der Waals surface area contributed by atoms with Crippen LogP contribution in [0, 0.1) is 5.41 Å². The van der Waals surface area contributed by atoms with Gasteiger partial charge in [0, 0.05) is 12.1 Å². The van der Waals surface area contributed by atoms with Gasteiger partial charge in [0.2, 0.25) is 0 Å². The maximum Gasteiger partial charge on any atom is 0.0582 e. The molecule has 0 spiro atoms. The molecule has 0 bridgehead atoms. The van der Waals surface area contributed by atoms with Crippen LogP contribution in [0.4, 0.5) is 0 Å². The van der Waals surface area contributed by atoms with Crippen molar-refractivity contribution in [2.24, 2.45) is 5.41 Å². The van der Waals surface area contributed by atoms with Gasteiger partial charge >= 0.3 is 0 Å². The topological polar surface area (TPSA) is 32.3 Å². The van der Waals surface area contributed by atoms with Gasteiger partial charge in [0.05, 0.1) is 6.61 Å². The van der Waals surface area contributed by atoms with E-state index in [1.807, 2.05) is 6.92 Å². The molecule has 2 atom stereocenters. The Labute approximate surface area is 75.4 Å². The molecule has 2 N–H and O–H groups in total. The molecule has 0 saturated heterocycles. The fraction of sp³-hybridized carbons (Fsp3) is 1.00. The summed E-state index contributed by atoms with van der Waals surface area (Å²) in [7, 11) is 0. The molecule has 12 heavy (non-hydrogen) atoms. The molecular weight excluding hydrogens is 150 g/mol. The standard InChI is InChI=1S/C10H21NO/c1-8(7-12)11-9-5-4-6-10(9,2)3/h8-9,11-12H,4-7H2,1-3H3/t8-,9?/m1/s1. The Hall–Kier alpha value is -0.0800. The van der Waals surface area contributed by atoms with E-state index in [0.717, 1.165) is 0 Å². The highest BCUT2D eigenvalue weighted by atomic mass is 16.3. The van der Waals surface area contributed by atoms with Crippen LogP contribution >= 0.6 is 0 Å². The Balaban J connectivity index is 2.41. The zero-order valence-electron chi connectivity index (χ0n) is 8.43. The molecule has 0 aromatic heterocycles. The predicted molar refractivity (Wildman–Crippen MR) is 51.1 cm³/mol. The Morgan fingerprint density at radius 3 is 2.67 bits per heavy atom. The van der Waals surface area contributed by atoms with Crippen molar-refractivity contribution in [1.29, 1.82) is 0 Å². The van der Waals surface area contributed by atoms with Crippen LogP contribution in [-0.4, -0.2) is 23.8 Å². The molecule has 0 radical (unpaired) electrons. The second kappa shape index (κ2) is 3.75. The predicted octanol–water partition coefficient (Wildman–Crippen LogP) is 1.54. The first-order chi connectivity index (χ1) is 5.56. The van der Waals surface area contributed by atoms with Crippen LogP contribution in [0.15, 0.2) is 0 Å². The third-order valence-corrected chi connectivity index (χ3v) is 3.02. The van der Waals surface area contributed by atoms with Crippen molar-refractivity contribution in [1.82, 2.24) is 5.32 Å². The highest BCUT2D eigenvalue weighted by Gasteiger charge is 2.34. The minimum absolute atomic E-state index is 0.243. The third-order valence-electron chi connectivity index (χ3n) is 3.02. The van der Waals surface area contributed by atoms with Crippen LogP contribution in [-0.2, 0) is 0 Å². The maximum absolute atomic E-state index is 8.90. The highest BCUT2D eigenvalue weighted by molar-refractivity contribution is 4.91. The maximum atomic E-state index is 8.90. The van der Waals surface area contributed by atoms with Crippen molar-refractivity contribution < 1.29 is 5.11 Å². The lowest BCUT2D eigenvalue weighted by atomic mass is 9.87. The summed E-state index contributed by atoms with van der Waals surface area (Å²) < 4.78 is 0. The van der Waals surface area contributed by atoms with Gasteiger partial charge in [-0.3, -0.25) is 0 Å². The van der Waals surface area contributed by atoms with E-state index in [1.54, 1.807) is 0 Å². The van der Waals surface area contributed by atoms with Crippen LogP contribution < -0.4 is 5.32 Å². The molecule has 0 amide bonds. The summed E-state index contributed by atoms with van der Waals surface area (Å²) in [5.41, 5.74) is 0.420. The number of nitrogens with one attached hydrogen (secondary N) is 1. The fourth-order valence-electron chi connectivity index (χ4n) is 2.03. The lowest BCUT2D eigenvalue weighted by molar-refractivity contribution is 0.205. The monoisotopic (exact) mass is 171 g/mol. The van der Waals surface area contributed by atoms with E-state index in [2.05, 4.69) is 19.2 Å². The Morgan fingerprint density at radius 1 is 1.58 bits per heavy atom. The van der Waals surface area contributed by atoms with Gasteiger partial charge in [0.1, 0.15) is 0 Å². The van der Waals surface area contributed by atoms with Crippen molar-refractivity contribution in [3.05, 3.63) is 0 Å². The molecule has 2 nitrogen and oxygen atoms in total. The summed E-state index contributed by atoms with van der Waals surface area (Å²) >= 11 is 0. The number of hydrogen-bond acceptors (Lipinski definition) is 2. The largest absolute Gasteiger partial charge is 0.395 e. The van der Waals surface area contributed by atoms with E-state index in [0.29, 0.717) is 11.5 Å². The van der Waals surface area contributed by atoms with Gasteiger partial charge in [-0.1, -0.05) is 20.3 Å². The van der Waals surface area contributed by atoms with Gasteiger partial charge in [-0.05, 0) is 25.2 Å². The van der Waals surface area contributed by atoms with Crippen LogP contribution in [0.3, 0.4) is 0 Å². The van der Waals surface area contributed by atoms with Gasteiger partial charge in [0.25, 0.3) is 0 Å². The molecule has 0 aliphatic heterocycles. The van der Waals surface area contributed by atoms with Gasteiger partial charge < -0.3 is 10.4 Å². The second-order valence-corrected chi connectivity index (χ2v) is 4.68. The van der Waals surface area contributed by atoms with Crippen molar-refractivity contribution in [2.75, 3.05) is 6.61 Å². The number of hydrogen-bond donors (Lipinski definition) is 2. The fourth-order valence-corrected chi connectivity index (χ4v) is 2.03. The first-order valence-corrected chi connectivity index (χ1v) is 4.93. The van der Waals surface area contributed by atoms with Crippen LogP contribution in [0.2, 0.25) is 0 Å². The Bertz CT molecular complexity index is 145. The first kappa shape index (κ1) is 10.0. The number of rotatable bonds is 3. The summed E-state index contributed by atoms with van der Waals surface area (Å²) in [4.78, 5) is 0. The van der Waals surface area contributed by atoms with Crippen molar-refractivity contribution in [3.8, 4) is 0 Å². The van der Waals surface area contributed by atoms with Crippen LogP contribution in [0.1, 0.15) is 40.0 Å². The summed E-state index contributed by atoms with van der Waals surface area (Å²) in [5.74, 6) is 0. The van der Waals surface area contributed by atoms with Gasteiger partial charge in [-0.25, -0.2) is 0 Å². The van der Waals surface area contributed by atoms with Gasteiger partial charge in [0.15, 0.2) is 0 Å². The molecule has 1 aliphatic rings. The molecule has 1 saturated carbocycles. The zero-order valence-corrected chi connectivity index (χ0v) is 8.43. The Kier molecular flexibility index (Phi) is 3.13. The van der Waals surface area contributed by atoms with Gasteiger partial charge in [-0.15, -0.1) is 0 Å². The van der Waals surface area contributed by atoms with E-state index in [-0.39, 0.29) is 12.6 Å². The van der Waals surface area contributed by atoms with Crippen LogP contribution in [0.5, 0.6) is 0 Å². The molecule has 72 valence electrons. The van der Waals surface area contributed by atoms with E-state index in [1.165, 1.54) is 19.3 Å². The van der Waals surface area contributed by atoms with E-state index >= 15 is 0 Å². The lowest BCUT2D eigenvalue weighted by Gasteiger charge is -2.30. The smallest absolute Gasteiger partial charge is 0.0582 e. The first-order valence-electron chi connectivity index (χ1n) is 4.93. The van der Waals surface area contributed by atoms with E-state index in [4.69, 9.17) is 5.11 Å².